The van der Waals surface area contributed by atoms with E-state index in [9.17, 15) is 19.5 Å². The number of ether oxygens (including phenoxy) is 3. The molecule has 5 aromatic rings. The summed E-state index contributed by atoms with van der Waals surface area (Å²) in [7, 11) is 1.48. The molecule has 46 heavy (non-hydrogen) atoms. The Labute approximate surface area is 262 Å². The van der Waals surface area contributed by atoms with E-state index in [1.807, 2.05) is 6.07 Å². The molecule has 2 aromatic carbocycles. The third-order valence-corrected chi connectivity index (χ3v) is 7.51. The number of ketones is 1. The van der Waals surface area contributed by atoms with Crippen LogP contribution < -0.4 is 25.1 Å². The molecule has 0 radical (unpaired) electrons. The monoisotopic (exact) mass is 622 g/mol. The average molecular weight is 623 g/mol. The van der Waals surface area contributed by atoms with Crippen LogP contribution in [0, 0.1) is 0 Å². The number of carbonyl (C=O) groups excluding carboxylic acids is 2. The van der Waals surface area contributed by atoms with Crippen molar-refractivity contribution in [1.29, 1.82) is 0 Å². The van der Waals surface area contributed by atoms with Crippen molar-refractivity contribution in [1.82, 2.24) is 14.5 Å². The number of fused-ring (bicyclic) bond motifs is 2. The maximum atomic E-state index is 13.6. The Morgan fingerprint density at radius 2 is 1.83 bits per heavy atom. The highest BCUT2D eigenvalue weighted by Crippen LogP contribution is 2.37. The van der Waals surface area contributed by atoms with E-state index < -0.39 is 24.2 Å². The minimum atomic E-state index is -1.04. The molecule has 1 aliphatic carbocycles. The molecule has 0 fully saturated rings. The number of carbonyl (C=O) groups is 2. The molecular weight excluding hydrogens is 592 g/mol. The molecule has 0 saturated heterocycles. The zero-order chi connectivity index (χ0) is 32.2. The smallest absolute Gasteiger partial charge is 0.268 e. The number of nitrogens with zero attached hydrogens (tertiary/aromatic N) is 3. The summed E-state index contributed by atoms with van der Waals surface area (Å²) in [6, 6.07) is 18.5. The van der Waals surface area contributed by atoms with E-state index >= 15 is 0 Å². The molecule has 0 aliphatic heterocycles. The normalized spacial score (nSPS) is 13.2. The summed E-state index contributed by atoms with van der Waals surface area (Å²) in [5, 5.41) is 22.0. The van der Waals surface area contributed by atoms with E-state index in [1.165, 1.54) is 30.0 Å². The number of benzene rings is 2. The van der Waals surface area contributed by atoms with Crippen LogP contribution in [0.4, 0.5) is 5.82 Å². The molecule has 12 nitrogen and oxygen atoms in total. The number of para-hydroxylation sites is 1. The first-order valence-electron chi connectivity index (χ1n) is 14.6. The van der Waals surface area contributed by atoms with Gasteiger partial charge in [-0.1, -0.05) is 18.2 Å². The summed E-state index contributed by atoms with van der Waals surface area (Å²) in [6.45, 7) is -0.567. The van der Waals surface area contributed by atoms with Crippen molar-refractivity contribution in [2.45, 2.75) is 25.4 Å². The lowest BCUT2D eigenvalue weighted by Crippen LogP contribution is -2.33. The van der Waals surface area contributed by atoms with Gasteiger partial charge in [-0.25, -0.2) is 4.98 Å². The second kappa shape index (κ2) is 13.2. The first-order valence-corrected chi connectivity index (χ1v) is 14.6. The van der Waals surface area contributed by atoms with E-state index in [2.05, 4.69) is 15.3 Å². The summed E-state index contributed by atoms with van der Waals surface area (Å²) >= 11 is 0. The fraction of sp³-hybridized carbons (Fsp3) is 0.206. The second-order valence-electron chi connectivity index (χ2n) is 10.6. The maximum absolute atomic E-state index is 13.6. The number of pyridine rings is 3. The minimum Gasteiger partial charge on any atom is -0.493 e. The molecule has 6 rings (SSSR count). The van der Waals surface area contributed by atoms with Crippen LogP contribution in [0.5, 0.6) is 23.0 Å². The predicted molar refractivity (Wildman–Crippen MR) is 168 cm³/mol. The molecule has 1 amide bonds. The van der Waals surface area contributed by atoms with E-state index in [0.717, 1.165) is 0 Å². The van der Waals surface area contributed by atoms with Crippen LogP contribution in [0.25, 0.3) is 16.6 Å². The van der Waals surface area contributed by atoms with Crippen molar-refractivity contribution >= 4 is 28.4 Å². The van der Waals surface area contributed by atoms with E-state index in [1.54, 1.807) is 54.7 Å². The summed E-state index contributed by atoms with van der Waals surface area (Å²) in [6.07, 6.45) is 3.48. The van der Waals surface area contributed by atoms with Gasteiger partial charge in [0.2, 0.25) is 0 Å². The van der Waals surface area contributed by atoms with Crippen LogP contribution in [0.2, 0.25) is 0 Å². The van der Waals surface area contributed by atoms with Gasteiger partial charge < -0.3 is 29.7 Å². The zero-order valence-electron chi connectivity index (χ0n) is 24.8. The van der Waals surface area contributed by atoms with Crippen LogP contribution in [0.1, 0.15) is 39.3 Å². The number of Topliss-reactive ketones (excluding diaryl/α,β-unsaturated/α-hetero) is 1. The molecule has 0 saturated carbocycles. The van der Waals surface area contributed by atoms with Gasteiger partial charge in [-0.3, -0.25) is 23.9 Å². The molecule has 12 heteroatoms. The first kappa shape index (κ1) is 30.4. The summed E-state index contributed by atoms with van der Waals surface area (Å²) < 4.78 is 18.6. The van der Waals surface area contributed by atoms with Crippen LogP contribution in [-0.2, 0) is 6.42 Å². The highest BCUT2D eigenvalue weighted by Gasteiger charge is 2.26. The number of hydrogen-bond donors (Lipinski definition) is 3. The average Bonchev–Trinajstić information content (AvgIpc) is 3.08. The lowest BCUT2D eigenvalue weighted by atomic mass is 9.92. The lowest BCUT2D eigenvalue weighted by Gasteiger charge is -2.21. The summed E-state index contributed by atoms with van der Waals surface area (Å²) in [4.78, 5) is 48.4. The van der Waals surface area contributed by atoms with Crippen LogP contribution in [-0.4, -0.2) is 62.9 Å². The van der Waals surface area contributed by atoms with Crippen LogP contribution in [0.3, 0.4) is 0 Å². The largest absolute Gasteiger partial charge is 0.493 e. The fourth-order valence-corrected chi connectivity index (χ4v) is 5.26. The number of hydrogen-bond acceptors (Lipinski definition) is 10. The molecular formula is C34H30N4O8. The summed E-state index contributed by atoms with van der Waals surface area (Å²) in [5.41, 5.74) is 1.42. The molecule has 3 aromatic heterocycles. The van der Waals surface area contributed by atoms with Crippen molar-refractivity contribution in [2.75, 3.05) is 25.6 Å². The third kappa shape index (κ3) is 6.16. The zero-order valence-corrected chi connectivity index (χ0v) is 24.8. The quantitative estimate of drug-likeness (QED) is 0.207. The van der Waals surface area contributed by atoms with Gasteiger partial charge in [-0.05, 0) is 55.3 Å². The Balaban J connectivity index is 1.23. The van der Waals surface area contributed by atoms with Gasteiger partial charge in [0.05, 0.1) is 25.4 Å². The standard InChI is InChI=1S/C34H30N4O8/c1-44-30-15-23-26(16-31(30)45-19-21(40)18-39)35-13-12-29(23)46-22-10-11-32(36-17-22)37-33(42)25-14-24-27(8-5-9-28(24)41)38(34(25)43)20-6-3-2-4-7-20/h2-4,6-7,10-17,21,39-40H,5,8-9,18-19H2,1H3,(H,36,37,42). The predicted octanol–water partition coefficient (Wildman–Crippen LogP) is 4.08. The van der Waals surface area contributed by atoms with Gasteiger partial charge in [0, 0.05) is 41.0 Å². The second-order valence-corrected chi connectivity index (χ2v) is 10.6. The summed E-state index contributed by atoms with van der Waals surface area (Å²) in [5.74, 6) is 0.916. The molecule has 0 spiro atoms. The Morgan fingerprint density at radius 3 is 2.57 bits per heavy atom. The number of aromatic nitrogens is 3. The topological polar surface area (TPSA) is 162 Å². The number of anilines is 1. The van der Waals surface area contributed by atoms with Crippen molar-refractivity contribution in [3.05, 3.63) is 106 Å². The molecule has 3 heterocycles. The van der Waals surface area contributed by atoms with Gasteiger partial charge in [0.25, 0.3) is 11.5 Å². The Kier molecular flexibility index (Phi) is 8.72. The van der Waals surface area contributed by atoms with Gasteiger partial charge in [-0.15, -0.1) is 0 Å². The maximum Gasteiger partial charge on any atom is 0.268 e. The molecule has 0 bridgehead atoms. The number of amides is 1. The molecule has 1 atom stereocenters. The molecule has 1 aliphatic rings. The molecule has 234 valence electrons. The third-order valence-electron chi connectivity index (χ3n) is 7.51. The minimum absolute atomic E-state index is 0.106. The Morgan fingerprint density at radius 1 is 1.00 bits per heavy atom. The van der Waals surface area contributed by atoms with Gasteiger partial charge in [0.1, 0.15) is 35.6 Å². The van der Waals surface area contributed by atoms with E-state index in [-0.39, 0.29) is 23.8 Å². The van der Waals surface area contributed by atoms with Crippen molar-refractivity contribution in [3.8, 4) is 28.7 Å². The van der Waals surface area contributed by atoms with Gasteiger partial charge in [0.15, 0.2) is 17.3 Å². The van der Waals surface area contributed by atoms with Crippen molar-refractivity contribution < 1.29 is 34.0 Å². The van der Waals surface area contributed by atoms with Crippen LogP contribution >= 0.6 is 0 Å². The molecule has 3 N–H and O–H groups in total. The Bertz CT molecular complexity index is 1980. The number of aliphatic hydroxyl groups is 2. The number of methoxy groups -OCH3 is 1. The van der Waals surface area contributed by atoms with Crippen molar-refractivity contribution in [3.63, 3.8) is 0 Å². The molecule has 1 unspecified atom stereocenters. The fourth-order valence-electron chi connectivity index (χ4n) is 5.26. The number of rotatable bonds is 10. The number of nitrogens with one attached hydrogen (secondary N) is 1. The highest BCUT2D eigenvalue weighted by molar-refractivity contribution is 6.06. The number of aliphatic hydroxyl groups excluding tert-OH is 2. The highest BCUT2D eigenvalue weighted by atomic mass is 16.5. The SMILES string of the molecule is COc1cc2c(Oc3ccc(NC(=O)c4cc5c(n(-c6ccccc6)c4=O)CCCC5=O)nc3)ccnc2cc1OCC(O)CO. The van der Waals surface area contributed by atoms with Gasteiger partial charge >= 0.3 is 0 Å². The van der Waals surface area contributed by atoms with Crippen molar-refractivity contribution in [2.24, 2.45) is 0 Å². The lowest BCUT2D eigenvalue weighted by molar-refractivity contribution is 0.0528. The van der Waals surface area contributed by atoms with E-state index in [4.69, 9.17) is 19.3 Å². The van der Waals surface area contributed by atoms with E-state index in [0.29, 0.717) is 70.1 Å². The van der Waals surface area contributed by atoms with Gasteiger partial charge in [-0.2, -0.15) is 0 Å². The van der Waals surface area contributed by atoms with Crippen LogP contribution in [0.15, 0.2) is 83.9 Å². The Hall–Kier alpha value is -5.59. The first-order chi connectivity index (χ1) is 22.4.